The standard InChI is InChI=1S/C18H19FN4O2/c1-23(2)16-8-6-13(7-9-16)11-21-22-17(24)12-20-18(25)14-4-3-5-15(19)10-14/h3-11H,12H2,1-2H3,(H,20,25)(H,22,24). The predicted molar refractivity (Wildman–Crippen MR) is 95.2 cm³/mol. The molecule has 7 heteroatoms. The number of anilines is 1. The van der Waals surface area contributed by atoms with E-state index in [0.29, 0.717) is 0 Å². The van der Waals surface area contributed by atoms with Crippen LogP contribution in [0.5, 0.6) is 0 Å². The first-order valence-corrected chi connectivity index (χ1v) is 7.59. The second kappa shape index (κ2) is 8.58. The largest absolute Gasteiger partial charge is 0.378 e. The zero-order valence-electron chi connectivity index (χ0n) is 14.0. The summed E-state index contributed by atoms with van der Waals surface area (Å²) in [6.07, 6.45) is 1.51. The number of carbonyl (C=O) groups is 2. The van der Waals surface area contributed by atoms with Gasteiger partial charge in [0.25, 0.3) is 11.8 Å². The van der Waals surface area contributed by atoms with E-state index in [2.05, 4.69) is 15.8 Å². The number of hydrogen-bond acceptors (Lipinski definition) is 4. The van der Waals surface area contributed by atoms with Crippen molar-refractivity contribution in [2.75, 3.05) is 25.5 Å². The van der Waals surface area contributed by atoms with Crippen LogP contribution in [0.3, 0.4) is 0 Å². The van der Waals surface area contributed by atoms with E-state index in [1.54, 1.807) is 0 Å². The Kier molecular flexibility index (Phi) is 6.22. The van der Waals surface area contributed by atoms with Crippen molar-refractivity contribution in [3.8, 4) is 0 Å². The molecule has 0 saturated carbocycles. The molecule has 0 saturated heterocycles. The lowest BCUT2D eigenvalue weighted by Gasteiger charge is -2.11. The Labute approximate surface area is 145 Å². The molecule has 0 aliphatic rings. The zero-order valence-corrected chi connectivity index (χ0v) is 14.0. The monoisotopic (exact) mass is 342 g/mol. The highest BCUT2D eigenvalue weighted by Gasteiger charge is 2.08. The molecule has 0 heterocycles. The second-order valence-corrected chi connectivity index (χ2v) is 5.47. The van der Waals surface area contributed by atoms with Crippen LogP contribution in [0, 0.1) is 5.82 Å². The first kappa shape index (κ1) is 18.1. The maximum absolute atomic E-state index is 13.0. The van der Waals surface area contributed by atoms with Gasteiger partial charge in [-0.15, -0.1) is 0 Å². The molecule has 2 rings (SSSR count). The van der Waals surface area contributed by atoms with E-state index >= 15 is 0 Å². The number of carbonyl (C=O) groups excluding carboxylic acids is 2. The van der Waals surface area contributed by atoms with Gasteiger partial charge in [-0.25, -0.2) is 9.82 Å². The molecule has 0 fully saturated rings. The van der Waals surface area contributed by atoms with Crippen molar-refractivity contribution in [3.63, 3.8) is 0 Å². The van der Waals surface area contributed by atoms with Gasteiger partial charge in [0.15, 0.2) is 0 Å². The Morgan fingerprint density at radius 3 is 2.52 bits per heavy atom. The highest BCUT2D eigenvalue weighted by atomic mass is 19.1. The van der Waals surface area contributed by atoms with Crippen LogP contribution in [0.1, 0.15) is 15.9 Å². The second-order valence-electron chi connectivity index (χ2n) is 5.47. The van der Waals surface area contributed by atoms with Gasteiger partial charge in [0, 0.05) is 25.3 Å². The molecule has 2 amide bonds. The minimum absolute atomic E-state index is 0.150. The maximum Gasteiger partial charge on any atom is 0.259 e. The molecule has 0 atom stereocenters. The van der Waals surface area contributed by atoms with Crippen LogP contribution in [0.15, 0.2) is 53.6 Å². The molecular weight excluding hydrogens is 323 g/mol. The summed E-state index contributed by atoms with van der Waals surface area (Å²) < 4.78 is 13.0. The SMILES string of the molecule is CN(C)c1ccc(C=NNC(=O)CNC(=O)c2cccc(F)c2)cc1. The number of nitrogens with zero attached hydrogens (tertiary/aromatic N) is 2. The predicted octanol–water partition coefficient (Wildman–Crippen LogP) is 1.77. The summed E-state index contributed by atoms with van der Waals surface area (Å²) in [6.45, 7) is -0.258. The summed E-state index contributed by atoms with van der Waals surface area (Å²) in [5, 5.41) is 6.23. The van der Waals surface area contributed by atoms with Crippen molar-refractivity contribution in [3.05, 3.63) is 65.5 Å². The van der Waals surface area contributed by atoms with Gasteiger partial charge in [0.1, 0.15) is 5.82 Å². The molecule has 0 bridgehead atoms. The number of benzene rings is 2. The average Bonchev–Trinajstić information content (AvgIpc) is 2.60. The average molecular weight is 342 g/mol. The summed E-state index contributed by atoms with van der Waals surface area (Å²) >= 11 is 0. The lowest BCUT2D eigenvalue weighted by Crippen LogP contribution is -2.34. The van der Waals surface area contributed by atoms with E-state index in [9.17, 15) is 14.0 Å². The molecule has 2 aromatic rings. The molecule has 25 heavy (non-hydrogen) atoms. The van der Waals surface area contributed by atoms with E-state index in [-0.39, 0.29) is 12.1 Å². The van der Waals surface area contributed by atoms with Gasteiger partial charge in [0.05, 0.1) is 12.8 Å². The lowest BCUT2D eigenvalue weighted by atomic mass is 10.2. The summed E-state index contributed by atoms with van der Waals surface area (Å²) in [4.78, 5) is 25.4. The summed E-state index contributed by atoms with van der Waals surface area (Å²) in [5.41, 5.74) is 4.35. The van der Waals surface area contributed by atoms with Crippen LogP contribution >= 0.6 is 0 Å². The highest BCUT2D eigenvalue weighted by molar-refractivity contribution is 5.96. The number of rotatable bonds is 6. The Morgan fingerprint density at radius 2 is 1.88 bits per heavy atom. The maximum atomic E-state index is 13.0. The lowest BCUT2D eigenvalue weighted by molar-refractivity contribution is -0.120. The number of nitrogens with one attached hydrogen (secondary N) is 2. The minimum atomic E-state index is -0.530. The van der Waals surface area contributed by atoms with Crippen LogP contribution in [0.2, 0.25) is 0 Å². The summed E-state index contributed by atoms with van der Waals surface area (Å²) in [6, 6.07) is 12.8. The van der Waals surface area contributed by atoms with Crippen LogP contribution in [-0.4, -0.2) is 38.7 Å². The van der Waals surface area contributed by atoms with E-state index in [4.69, 9.17) is 0 Å². The molecule has 0 spiro atoms. The van der Waals surface area contributed by atoms with Crippen molar-refractivity contribution in [2.24, 2.45) is 5.10 Å². The summed E-state index contributed by atoms with van der Waals surface area (Å²) in [5.74, 6) is -1.52. The Balaban J connectivity index is 1.79. The van der Waals surface area contributed by atoms with Gasteiger partial charge >= 0.3 is 0 Å². The highest BCUT2D eigenvalue weighted by Crippen LogP contribution is 2.10. The van der Waals surface area contributed by atoms with E-state index in [1.807, 2.05) is 43.3 Å². The topological polar surface area (TPSA) is 73.8 Å². The molecular formula is C18H19FN4O2. The number of amides is 2. The number of hydrogen-bond donors (Lipinski definition) is 2. The van der Waals surface area contributed by atoms with E-state index in [0.717, 1.165) is 17.3 Å². The fourth-order valence-electron chi connectivity index (χ4n) is 1.97. The van der Waals surface area contributed by atoms with Gasteiger partial charge < -0.3 is 10.2 Å². The molecule has 0 aromatic heterocycles. The number of halogens is 1. The van der Waals surface area contributed by atoms with Crippen LogP contribution in [0.25, 0.3) is 0 Å². The van der Waals surface area contributed by atoms with Gasteiger partial charge in [-0.2, -0.15) is 5.10 Å². The summed E-state index contributed by atoms with van der Waals surface area (Å²) in [7, 11) is 3.89. The van der Waals surface area contributed by atoms with Gasteiger partial charge in [-0.3, -0.25) is 9.59 Å². The fourth-order valence-corrected chi connectivity index (χ4v) is 1.97. The van der Waals surface area contributed by atoms with Crippen molar-refractivity contribution in [1.29, 1.82) is 0 Å². The van der Waals surface area contributed by atoms with Crippen LogP contribution in [0.4, 0.5) is 10.1 Å². The molecule has 6 nitrogen and oxygen atoms in total. The third kappa shape index (κ3) is 5.72. The molecule has 130 valence electrons. The van der Waals surface area contributed by atoms with Crippen molar-refractivity contribution in [2.45, 2.75) is 0 Å². The quantitative estimate of drug-likeness (QED) is 0.621. The Bertz CT molecular complexity index is 773. The molecule has 0 aliphatic carbocycles. The Hall–Kier alpha value is -3.22. The van der Waals surface area contributed by atoms with Gasteiger partial charge in [0.2, 0.25) is 0 Å². The molecule has 0 unspecified atom stereocenters. The van der Waals surface area contributed by atoms with Crippen LogP contribution in [-0.2, 0) is 4.79 Å². The van der Waals surface area contributed by atoms with Gasteiger partial charge in [-0.05, 0) is 35.9 Å². The zero-order chi connectivity index (χ0) is 18.2. The molecule has 2 N–H and O–H groups in total. The fraction of sp³-hybridized carbons (Fsp3) is 0.167. The first-order chi connectivity index (χ1) is 12.0. The van der Waals surface area contributed by atoms with Crippen molar-refractivity contribution < 1.29 is 14.0 Å². The normalized spacial score (nSPS) is 10.5. The third-order valence-corrected chi connectivity index (χ3v) is 3.31. The minimum Gasteiger partial charge on any atom is -0.378 e. The molecule has 0 aliphatic heterocycles. The van der Waals surface area contributed by atoms with Gasteiger partial charge in [-0.1, -0.05) is 18.2 Å². The Morgan fingerprint density at radius 1 is 1.16 bits per heavy atom. The van der Waals surface area contributed by atoms with Crippen LogP contribution < -0.4 is 15.6 Å². The van der Waals surface area contributed by atoms with Crippen molar-refractivity contribution in [1.82, 2.24) is 10.7 Å². The number of hydrazone groups is 1. The third-order valence-electron chi connectivity index (χ3n) is 3.31. The molecule has 2 aromatic carbocycles. The van der Waals surface area contributed by atoms with E-state index < -0.39 is 17.6 Å². The van der Waals surface area contributed by atoms with Crippen molar-refractivity contribution >= 4 is 23.7 Å². The first-order valence-electron chi connectivity index (χ1n) is 7.59. The van der Waals surface area contributed by atoms with E-state index in [1.165, 1.54) is 24.4 Å². The molecule has 0 radical (unpaired) electrons. The smallest absolute Gasteiger partial charge is 0.259 e.